The summed E-state index contributed by atoms with van der Waals surface area (Å²) in [7, 11) is 3.79. The Bertz CT molecular complexity index is 380. The van der Waals surface area contributed by atoms with Gasteiger partial charge in [0.15, 0.2) is 0 Å². The molecule has 0 atom stereocenters. The molecule has 88 valence electrons. The summed E-state index contributed by atoms with van der Waals surface area (Å²) in [5.74, 6) is 0.708. The second-order valence-corrected chi connectivity index (χ2v) is 5.00. The van der Waals surface area contributed by atoms with Crippen molar-refractivity contribution in [3.8, 4) is 0 Å². The van der Waals surface area contributed by atoms with Crippen LogP contribution < -0.4 is 10.2 Å². The average molecular weight is 221 g/mol. The third kappa shape index (κ3) is 3.53. The number of carbonyl (C=O) groups excluding carboxylic acids is 1. The lowest BCUT2D eigenvalue weighted by molar-refractivity contribution is 0.0919. The van der Waals surface area contributed by atoms with E-state index in [1.807, 2.05) is 39.8 Å². The van der Waals surface area contributed by atoms with Crippen molar-refractivity contribution < 1.29 is 4.79 Å². The van der Waals surface area contributed by atoms with Crippen molar-refractivity contribution in [3.05, 3.63) is 23.9 Å². The number of hydrogen-bond acceptors (Lipinski definition) is 3. The standard InChI is InChI=1S/C12H19N3O/c1-12(2,3)14-11(16)9-6-7-13-10(8-9)15(4)5/h6-8H,1-5H3,(H,14,16). The van der Waals surface area contributed by atoms with Crippen LogP contribution in [0.2, 0.25) is 0 Å². The quantitative estimate of drug-likeness (QED) is 0.826. The van der Waals surface area contributed by atoms with Gasteiger partial charge in [-0.2, -0.15) is 0 Å². The Morgan fingerprint density at radius 2 is 2.00 bits per heavy atom. The maximum Gasteiger partial charge on any atom is 0.251 e. The van der Waals surface area contributed by atoms with Crippen molar-refractivity contribution in [2.45, 2.75) is 26.3 Å². The predicted octanol–water partition coefficient (Wildman–Crippen LogP) is 1.68. The number of aromatic nitrogens is 1. The Morgan fingerprint density at radius 3 is 2.50 bits per heavy atom. The van der Waals surface area contributed by atoms with E-state index in [4.69, 9.17) is 0 Å². The molecule has 16 heavy (non-hydrogen) atoms. The van der Waals surface area contributed by atoms with Crippen LogP contribution in [0.15, 0.2) is 18.3 Å². The molecule has 0 fully saturated rings. The lowest BCUT2D eigenvalue weighted by Crippen LogP contribution is -2.40. The fraction of sp³-hybridized carbons (Fsp3) is 0.500. The van der Waals surface area contributed by atoms with Crippen LogP contribution in [0.4, 0.5) is 5.82 Å². The topological polar surface area (TPSA) is 45.2 Å². The predicted molar refractivity (Wildman–Crippen MR) is 65.8 cm³/mol. The number of carbonyl (C=O) groups is 1. The Balaban J connectivity index is 2.88. The molecule has 0 radical (unpaired) electrons. The van der Waals surface area contributed by atoms with Gasteiger partial charge in [-0.15, -0.1) is 0 Å². The molecule has 1 heterocycles. The van der Waals surface area contributed by atoms with Crippen LogP contribution in [0.25, 0.3) is 0 Å². The van der Waals surface area contributed by atoms with Crippen LogP contribution in [-0.4, -0.2) is 30.5 Å². The van der Waals surface area contributed by atoms with Crippen molar-refractivity contribution in [2.24, 2.45) is 0 Å². The third-order valence-corrected chi connectivity index (χ3v) is 1.95. The minimum absolute atomic E-state index is 0.0713. The molecule has 4 nitrogen and oxygen atoms in total. The molecule has 1 rings (SSSR count). The summed E-state index contributed by atoms with van der Waals surface area (Å²) < 4.78 is 0. The number of anilines is 1. The minimum Gasteiger partial charge on any atom is -0.363 e. The van der Waals surface area contributed by atoms with E-state index in [2.05, 4.69) is 10.3 Å². The zero-order chi connectivity index (χ0) is 12.3. The number of hydrogen-bond donors (Lipinski definition) is 1. The Kier molecular flexibility index (Phi) is 3.52. The molecular formula is C12H19N3O. The molecule has 1 aromatic heterocycles. The molecule has 4 heteroatoms. The molecule has 1 amide bonds. The van der Waals surface area contributed by atoms with E-state index >= 15 is 0 Å². The van der Waals surface area contributed by atoms with Crippen LogP contribution in [-0.2, 0) is 0 Å². The lowest BCUT2D eigenvalue weighted by atomic mass is 10.1. The van der Waals surface area contributed by atoms with E-state index in [9.17, 15) is 4.79 Å². The summed E-state index contributed by atoms with van der Waals surface area (Å²) in [4.78, 5) is 17.9. The first-order valence-corrected chi connectivity index (χ1v) is 5.25. The fourth-order valence-corrected chi connectivity index (χ4v) is 1.22. The normalized spacial score (nSPS) is 11.1. The van der Waals surface area contributed by atoms with Crippen molar-refractivity contribution in [3.63, 3.8) is 0 Å². The zero-order valence-corrected chi connectivity index (χ0v) is 10.5. The third-order valence-electron chi connectivity index (χ3n) is 1.95. The first kappa shape index (κ1) is 12.5. The average Bonchev–Trinajstić information content (AvgIpc) is 2.15. The van der Waals surface area contributed by atoms with Crippen LogP contribution in [0.3, 0.4) is 0 Å². The van der Waals surface area contributed by atoms with E-state index in [0.717, 1.165) is 5.82 Å². The highest BCUT2D eigenvalue weighted by Crippen LogP contribution is 2.10. The number of pyridine rings is 1. The van der Waals surface area contributed by atoms with Gasteiger partial charge in [0, 0.05) is 31.4 Å². The maximum atomic E-state index is 11.9. The molecule has 0 aliphatic carbocycles. The first-order chi connectivity index (χ1) is 7.29. The second-order valence-electron chi connectivity index (χ2n) is 5.00. The molecule has 0 aromatic carbocycles. The molecule has 0 aliphatic heterocycles. The van der Waals surface area contributed by atoms with Gasteiger partial charge >= 0.3 is 0 Å². The number of amides is 1. The molecular weight excluding hydrogens is 202 g/mol. The summed E-state index contributed by atoms with van der Waals surface area (Å²) in [5, 5.41) is 2.92. The molecule has 0 saturated carbocycles. The molecule has 0 aliphatic rings. The zero-order valence-electron chi connectivity index (χ0n) is 10.5. The molecule has 0 saturated heterocycles. The smallest absolute Gasteiger partial charge is 0.251 e. The van der Waals surface area contributed by atoms with Crippen molar-refractivity contribution in [1.82, 2.24) is 10.3 Å². The largest absolute Gasteiger partial charge is 0.363 e. The highest BCUT2D eigenvalue weighted by molar-refractivity contribution is 5.95. The summed E-state index contributed by atoms with van der Waals surface area (Å²) in [6.45, 7) is 5.87. The Hall–Kier alpha value is -1.58. The summed E-state index contributed by atoms with van der Waals surface area (Å²) >= 11 is 0. The molecule has 0 spiro atoms. The van der Waals surface area contributed by atoms with Gasteiger partial charge < -0.3 is 10.2 Å². The monoisotopic (exact) mass is 221 g/mol. The van der Waals surface area contributed by atoms with Gasteiger partial charge in [-0.05, 0) is 32.9 Å². The van der Waals surface area contributed by atoms with Gasteiger partial charge in [-0.25, -0.2) is 4.98 Å². The highest BCUT2D eigenvalue weighted by atomic mass is 16.1. The van der Waals surface area contributed by atoms with Gasteiger partial charge in [0.25, 0.3) is 5.91 Å². The van der Waals surface area contributed by atoms with E-state index < -0.39 is 0 Å². The molecule has 0 bridgehead atoms. The van der Waals surface area contributed by atoms with Crippen LogP contribution >= 0.6 is 0 Å². The summed E-state index contributed by atoms with van der Waals surface area (Å²) in [5.41, 5.74) is 0.409. The van der Waals surface area contributed by atoms with Crippen LogP contribution in [0, 0.1) is 0 Å². The first-order valence-electron chi connectivity index (χ1n) is 5.25. The van der Waals surface area contributed by atoms with Gasteiger partial charge in [0.2, 0.25) is 0 Å². The Morgan fingerprint density at radius 1 is 1.38 bits per heavy atom. The van der Waals surface area contributed by atoms with Gasteiger partial charge in [0.1, 0.15) is 5.82 Å². The van der Waals surface area contributed by atoms with E-state index in [1.165, 1.54) is 0 Å². The highest BCUT2D eigenvalue weighted by Gasteiger charge is 2.15. The molecule has 1 N–H and O–H groups in total. The number of nitrogens with zero attached hydrogens (tertiary/aromatic N) is 2. The number of nitrogens with one attached hydrogen (secondary N) is 1. The molecule has 1 aromatic rings. The van der Waals surface area contributed by atoms with Crippen LogP contribution in [0.1, 0.15) is 31.1 Å². The van der Waals surface area contributed by atoms with Crippen molar-refractivity contribution >= 4 is 11.7 Å². The van der Waals surface area contributed by atoms with E-state index in [1.54, 1.807) is 18.3 Å². The van der Waals surface area contributed by atoms with Crippen molar-refractivity contribution in [1.29, 1.82) is 0 Å². The van der Waals surface area contributed by atoms with Gasteiger partial charge in [-0.1, -0.05) is 0 Å². The molecule has 0 unspecified atom stereocenters. The van der Waals surface area contributed by atoms with E-state index in [-0.39, 0.29) is 11.4 Å². The fourth-order valence-electron chi connectivity index (χ4n) is 1.22. The Labute approximate surface area is 96.7 Å². The van der Waals surface area contributed by atoms with Gasteiger partial charge in [0.05, 0.1) is 0 Å². The van der Waals surface area contributed by atoms with Gasteiger partial charge in [-0.3, -0.25) is 4.79 Å². The second kappa shape index (κ2) is 4.51. The SMILES string of the molecule is CN(C)c1cc(C(=O)NC(C)(C)C)ccn1. The maximum absolute atomic E-state index is 11.9. The minimum atomic E-state index is -0.224. The summed E-state index contributed by atoms with van der Waals surface area (Å²) in [6.07, 6.45) is 1.65. The number of rotatable bonds is 2. The van der Waals surface area contributed by atoms with Crippen molar-refractivity contribution in [2.75, 3.05) is 19.0 Å². The van der Waals surface area contributed by atoms with E-state index in [0.29, 0.717) is 5.56 Å². The lowest BCUT2D eigenvalue weighted by Gasteiger charge is -2.21. The summed E-state index contributed by atoms with van der Waals surface area (Å²) in [6, 6.07) is 3.50. The van der Waals surface area contributed by atoms with Crippen LogP contribution in [0.5, 0.6) is 0 Å².